The molecule has 1 aliphatic heterocycles. The van der Waals surface area contributed by atoms with E-state index in [9.17, 15) is 9.90 Å². The highest BCUT2D eigenvalue weighted by molar-refractivity contribution is 5.60. The Morgan fingerprint density at radius 2 is 1.75 bits per heavy atom. The van der Waals surface area contributed by atoms with Crippen molar-refractivity contribution in [3.05, 3.63) is 46.3 Å². The monoisotopic (exact) mass is 438 g/mol. The molecule has 5 heteroatoms. The lowest BCUT2D eigenvalue weighted by atomic mass is 9.44. The zero-order valence-corrected chi connectivity index (χ0v) is 19.7. The molecular formula is C27H34O5. The van der Waals surface area contributed by atoms with Gasteiger partial charge in [-0.15, -0.1) is 0 Å². The van der Waals surface area contributed by atoms with Crippen LogP contribution in [-0.2, 0) is 6.42 Å². The van der Waals surface area contributed by atoms with Gasteiger partial charge in [-0.3, -0.25) is 0 Å². The maximum absolute atomic E-state index is 13.1. The second-order valence-corrected chi connectivity index (χ2v) is 11.1. The second kappa shape index (κ2) is 7.11. The Kier molecular flexibility index (Phi) is 4.79. The van der Waals surface area contributed by atoms with Crippen molar-refractivity contribution < 1.29 is 19.0 Å². The summed E-state index contributed by atoms with van der Waals surface area (Å²) in [6.07, 6.45) is 4.08. The Bertz CT molecular complexity index is 1080. The standard InChI is InChI=1S/C27H34O5/c1-25(2)21-10-13-27(4)22(26(21,3)12-11-23(25)28)14-18-20(32-27)15-19(31-24(18)29)16-6-8-17(30-5)9-7-16/h6-9,15,21-23,28H,10-14H2,1-5H3/t21?,22?,23-,26-,27+/m0/s1. The van der Waals surface area contributed by atoms with Crippen molar-refractivity contribution in [2.75, 3.05) is 7.11 Å². The van der Waals surface area contributed by atoms with E-state index < -0.39 is 0 Å². The first-order chi connectivity index (χ1) is 15.1. The molecule has 0 radical (unpaired) electrons. The van der Waals surface area contributed by atoms with Crippen LogP contribution in [0.15, 0.2) is 39.5 Å². The number of benzene rings is 1. The lowest BCUT2D eigenvalue weighted by Crippen LogP contribution is -2.63. The molecule has 1 N–H and O–H groups in total. The van der Waals surface area contributed by atoms with Gasteiger partial charge in [0, 0.05) is 17.5 Å². The summed E-state index contributed by atoms with van der Waals surface area (Å²) < 4.78 is 17.7. The summed E-state index contributed by atoms with van der Waals surface area (Å²) in [6.45, 7) is 8.97. The van der Waals surface area contributed by atoms with Gasteiger partial charge in [-0.2, -0.15) is 0 Å². The predicted octanol–water partition coefficient (Wildman–Crippen LogP) is 5.22. The van der Waals surface area contributed by atoms with Gasteiger partial charge in [0.1, 0.15) is 22.9 Å². The van der Waals surface area contributed by atoms with Crippen molar-refractivity contribution >= 4 is 0 Å². The molecule has 0 spiro atoms. The molecule has 32 heavy (non-hydrogen) atoms. The van der Waals surface area contributed by atoms with Crippen molar-refractivity contribution in [3.63, 3.8) is 0 Å². The minimum Gasteiger partial charge on any atom is -0.497 e. The molecule has 172 valence electrons. The highest BCUT2D eigenvalue weighted by atomic mass is 16.5. The smallest absolute Gasteiger partial charge is 0.343 e. The van der Waals surface area contributed by atoms with E-state index in [2.05, 4.69) is 27.7 Å². The Hall–Kier alpha value is -2.27. The third-order valence-corrected chi connectivity index (χ3v) is 9.11. The first-order valence-corrected chi connectivity index (χ1v) is 11.8. The average molecular weight is 439 g/mol. The van der Waals surface area contributed by atoms with Crippen LogP contribution in [0.25, 0.3) is 11.3 Å². The average Bonchev–Trinajstić information content (AvgIpc) is 2.75. The first-order valence-electron chi connectivity index (χ1n) is 11.8. The van der Waals surface area contributed by atoms with Gasteiger partial charge >= 0.3 is 5.63 Å². The van der Waals surface area contributed by atoms with Gasteiger partial charge in [-0.1, -0.05) is 20.8 Å². The summed E-state index contributed by atoms with van der Waals surface area (Å²) in [5.41, 5.74) is 0.695. The Balaban J connectivity index is 1.54. The molecule has 3 aliphatic rings. The summed E-state index contributed by atoms with van der Waals surface area (Å²) in [6, 6.07) is 9.36. The van der Waals surface area contributed by atoms with Gasteiger partial charge in [0.15, 0.2) is 0 Å². The number of aliphatic hydroxyl groups excluding tert-OH is 1. The maximum Gasteiger partial charge on any atom is 0.343 e. The van der Waals surface area contributed by atoms with Gasteiger partial charge in [-0.05, 0) is 80.0 Å². The summed E-state index contributed by atoms with van der Waals surface area (Å²) in [5.74, 6) is 2.53. The van der Waals surface area contributed by atoms with Crippen LogP contribution in [-0.4, -0.2) is 23.9 Å². The van der Waals surface area contributed by atoms with E-state index in [0.717, 1.165) is 37.0 Å². The fourth-order valence-electron chi connectivity index (χ4n) is 7.19. The summed E-state index contributed by atoms with van der Waals surface area (Å²) in [4.78, 5) is 13.1. The van der Waals surface area contributed by atoms with Crippen LogP contribution in [0.3, 0.4) is 0 Å². The Morgan fingerprint density at radius 3 is 2.44 bits per heavy atom. The third-order valence-electron chi connectivity index (χ3n) is 9.11. The van der Waals surface area contributed by atoms with Crippen LogP contribution >= 0.6 is 0 Å². The molecule has 2 saturated carbocycles. The van der Waals surface area contributed by atoms with E-state index in [1.165, 1.54) is 0 Å². The fourth-order valence-corrected chi connectivity index (χ4v) is 7.19. The lowest BCUT2D eigenvalue weighted by molar-refractivity contribution is -0.191. The molecule has 2 heterocycles. The largest absolute Gasteiger partial charge is 0.497 e. The number of hydrogen-bond donors (Lipinski definition) is 1. The SMILES string of the molecule is COc1ccc(-c2cc3c(c(=O)o2)CC2[C@@]4(C)CC[C@H](O)C(C)(C)C4CC[C@@]2(C)O3)cc1. The normalized spacial score (nSPS) is 35.1. The number of fused-ring (bicyclic) bond motifs is 4. The van der Waals surface area contributed by atoms with Gasteiger partial charge < -0.3 is 19.0 Å². The molecule has 1 aromatic heterocycles. The van der Waals surface area contributed by atoms with Gasteiger partial charge in [0.25, 0.3) is 0 Å². The van der Waals surface area contributed by atoms with Crippen molar-refractivity contribution in [3.8, 4) is 22.8 Å². The highest BCUT2D eigenvalue weighted by Gasteiger charge is 2.62. The molecule has 2 aliphatic carbocycles. The molecule has 0 bridgehead atoms. The maximum atomic E-state index is 13.1. The highest BCUT2D eigenvalue weighted by Crippen LogP contribution is 2.64. The lowest BCUT2D eigenvalue weighted by Gasteiger charge is -2.64. The molecule has 1 aromatic carbocycles. The minimum atomic E-state index is -0.332. The van der Waals surface area contributed by atoms with Crippen molar-refractivity contribution in [2.45, 2.75) is 71.5 Å². The van der Waals surface area contributed by atoms with Crippen molar-refractivity contribution in [1.82, 2.24) is 0 Å². The van der Waals surface area contributed by atoms with Crippen LogP contribution in [0.2, 0.25) is 0 Å². The van der Waals surface area contributed by atoms with Gasteiger partial charge in [-0.25, -0.2) is 4.79 Å². The summed E-state index contributed by atoms with van der Waals surface area (Å²) in [5, 5.41) is 10.7. The predicted molar refractivity (Wildman–Crippen MR) is 123 cm³/mol. The molecule has 5 rings (SSSR count). The molecule has 2 aromatic rings. The van der Waals surface area contributed by atoms with Crippen LogP contribution in [0.1, 0.15) is 58.9 Å². The van der Waals surface area contributed by atoms with Crippen LogP contribution < -0.4 is 15.1 Å². The van der Waals surface area contributed by atoms with Crippen LogP contribution in [0.5, 0.6) is 11.5 Å². The number of hydrogen-bond acceptors (Lipinski definition) is 5. The van der Waals surface area contributed by atoms with Crippen molar-refractivity contribution in [2.24, 2.45) is 22.7 Å². The number of aliphatic hydroxyl groups is 1. The number of methoxy groups -OCH3 is 1. The topological polar surface area (TPSA) is 68.9 Å². The zero-order valence-electron chi connectivity index (χ0n) is 19.7. The van der Waals surface area contributed by atoms with Crippen LogP contribution in [0, 0.1) is 22.7 Å². The van der Waals surface area contributed by atoms with E-state index in [-0.39, 0.29) is 34.1 Å². The zero-order chi connectivity index (χ0) is 22.9. The van der Waals surface area contributed by atoms with E-state index in [1.54, 1.807) is 7.11 Å². The Labute approximate surface area is 189 Å². The first kappa shape index (κ1) is 21.6. The molecule has 2 unspecified atom stereocenters. The van der Waals surface area contributed by atoms with Crippen LogP contribution in [0.4, 0.5) is 0 Å². The summed E-state index contributed by atoms with van der Waals surface area (Å²) in [7, 11) is 1.63. The number of ether oxygens (including phenoxy) is 2. The minimum absolute atomic E-state index is 0.00845. The summed E-state index contributed by atoms with van der Waals surface area (Å²) >= 11 is 0. The Morgan fingerprint density at radius 1 is 1.03 bits per heavy atom. The van der Waals surface area contributed by atoms with E-state index in [0.29, 0.717) is 29.4 Å². The fraction of sp³-hybridized carbons (Fsp3) is 0.593. The van der Waals surface area contributed by atoms with E-state index in [1.807, 2.05) is 30.3 Å². The van der Waals surface area contributed by atoms with Gasteiger partial charge in [0.2, 0.25) is 0 Å². The molecular weight excluding hydrogens is 404 g/mol. The van der Waals surface area contributed by atoms with E-state index >= 15 is 0 Å². The molecule has 2 fully saturated rings. The van der Waals surface area contributed by atoms with E-state index in [4.69, 9.17) is 13.9 Å². The van der Waals surface area contributed by atoms with Gasteiger partial charge in [0.05, 0.1) is 18.8 Å². The molecule has 5 atom stereocenters. The molecule has 5 nitrogen and oxygen atoms in total. The number of rotatable bonds is 2. The molecule has 0 saturated heterocycles. The third kappa shape index (κ3) is 3.04. The van der Waals surface area contributed by atoms with Crippen molar-refractivity contribution in [1.29, 1.82) is 0 Å². The quantitative estimate of drug-likeness (QED) is 0.696. The second-order valence-electron chi connectivity index (χ2n) is 11.1. The molecule has 0 amide bonds.